The number of benzene rings is 2. The minimum atomic E-state index is -0.344. The third kappa shape index (κ3) is 3.98. The molecule has 156 valence electrons. The number of ketones is 1. The zero-order chi connectivity index (χ0) is 21.4. The Kier molecular flexibility index (Phi) is 5.50. The number of aromatic amines is 1. The SMILES string of the molecule is C[C@H](Sc1nc2scc(-c3ccc4c(c3)CCCC4)c2c(=O)[nH]1)C(=O)c1ccccc1. The van der Waals surface area contributed by atoms with Crippen LogP contribution in [-0.2, 0) is 12.8 Å². The fourth-order valence-electron chi connectivity index (χ4n) is 4.16. The summed E-state index contributed by atoms with van der Waals surface area (Å²) in [5, 5.41) is 2.79. The van der Waals surface area contributed by atoms with E-state index in [4.69, 9.17) is 0 Å². The maximum atomic E-state index is 13.0. The topological polar surface area (TPSA) is 62.8 Å². The summed E-state index contributed by atoms with van der Waals surface area (Å²) in [5.74, 6) is 0.0225. The number of aromatic nitrogens is 2. The highest BCUT2D eigenvalue weighted by Crippen LogP contribution is 2.34. The Morgan fingerprint density at radius 2 is 1.87 bits per heavy atom. The van der Waals surface area contributed by atoms with Gasteiger partial charge in [0.25, 0.3) is 5.56 Å². The van der Waals surface area contributed by atoms with Crippen molar-refractivity contribution in [3.8, 4) is 11.1 Å². The quantitative estimate of drug-likeness (QED) is 0.236. The molecule has 0 aliphatic heterocycles. The highest BCUT2D eigenvalue weighted by Gasteiger charge is 2.20. The number of H-pyrrole nitrogens is 1. The standard InChI is InChI=1S/C25H22N2O2S2/c1-15(22(28)17-8-3-2-4-9-17)31-25-26-23(29)21-20(14-30-24(21)27-25)19-12-11-16-7-5-6-10-18(16)13-19/h2-4,8-9,11-15H,5-7,10H2,1H3,(H,26,27,29)/t15-/m0/s1. The molecule has 2 heterocycles. The molecule has 4 nitrogen and oxygen atoms in total. The Bertz CT molecular complexity index is 1320. The van der Waals surface area contributed by atoms with Crippen molar-refractivity contribution >= 4 is 39.1 Å². The zero-order valence-electron chi connectivity index (χ0n) is 17.2. The first-order valence-electron chi connectivity index (χ1n) is 10.5. The lowest BCUT2D eigenvalue weighted by molar-refractivity contribution is 0.0994. The van der Waals surface area contributed by atoms with E-state index in [2.05, 4.69) is 28.2 Å². The minimum absolute atomic E-state index is 0.0225. The first-order chi connectivity index (χ1) is 15.1. The van der Waals surface area contributed by atoms with Crippen LogP contribution in [0.5, 0.6) is 0 Å². The first-order valence-corrected chi connectivity index (χ1v) is 12.3. The average Bonchev–Trinajstić information content (AvgIpc) is 3.23. The molecule has 31 heavy (non-hydrogen) atoms. The molecule has 2 aromatic heterocycles. The van der Waals surface area contributed by atoms with Gasteiger partial charge in [-0.15, -0.1) is 11.3 Å². The van der Waals surface area contributed by atoms with Crippen LogP contribution in [0.3, 0.4) is 0 Å². The van der Waals surface area contributed by atoms with Crippen molar-refractivity contribution in [1.82, 2.24) is 9.97 Å². The molecule has 0 unspecified atom stereocenters. The number of thioether (sulfide) groups is 1. The van der Waals surface area contributed by atoms with Gasteiger partial charge in [-0.2, -0.15) is 0 Å². The number of carbonyl (C=O) groups excluding carboxylic acids is 1. The summed E-state index contributed by atoms with van der Waals surface area (Å²) < 4.78 is 0. The van der Waals surface area contributed by atoms with Gasteiger partial charge in [-0.25, -0.2) is 4.98 Å². The molecule has 0 saturated heterocycles. The van der Waals surface area contributed by atoms with Gasteiger partial charge in [-0.05, 0) is 49.3 Å². The summed E-state index contributed by atoms with van der Waals surface area (Å²) in [5.41, 5.74) is 5.35. The number of aryl methyl sites for hydroxylation is 2. The third-order valence-corrected chi connectivity index (χ3v) is 7.65. The number of hydrogen-bond donors (Lipinski definition) is 1. The Hall–Kier alpha value is -2.70. The van der Waals surface area contributed by atoms with Crippen molar-refractivity contribution in [2.75, 3.05) is 0 Å². The highest BCUT2D eigenvalue weighted by molar-refractivity contribution is 8.00. The van der Waals surface area contributed by atoms with Gasteiger partial charge in [0.2, 0.25) is 0 Å². The second-order valence-electron chi connectivity index (χ2n) is 7.88. The molecule has 1 atom stereocenters. The van der Waals surface area contributed by atoms with E-state index in [1.807, 2.05) is 42.6 Å². The zero-order valence-corrected chi connectivity index (χ0v) is 18.8. The molecule has 0 bridgehead atoms. The van der Waals surface area contributed by atoms with Gasteiger partial charge < -0.3 is 4.98 Å². The molecule has 0 amide bonds. The molecule has 4 aromatic rings. The first kappa shape index (κ1) is 20.2. The molecule has 1 N–H and O–H groups in total. The lowest BCUT2D eigenvalue weighted by atomic mass is 9.89. The van der Waals surface area contributed by atoms with E-state index in [1.165, 1.54) is 47.1 Å². The summed E-state index contributed by atoms with van der Waals surface area (Å²) in [7, 11) is 0. The molecular weight excluding hydrogens is 424 g/mol. The largest absolute Gasteiger partial charge is 0.301 e. The van der Waals surface area contributed by atoms with Crippen molar-refractivity contribution in [3.63, 3.8) is 0 Å². The lowest BCUT2D eigenvalue weighted by Gasteiger charge is -2.16. The van der Waals surface area contributed by atoms with Crippen molar-refractivity contribution in [2.24, 2.45) is 0 Å². The van der Waals surface area contributed by atoms with Crippen molar-refractivity contribution in [2.45, 2.75) is 43.0 Å². The molecule has 5 rings (SSSR count). The number of carbonyl (C=O) groups is 1. The van der Waals surface area contributed by atoms with Crippen LogP contribution in [0.2, 0.25) is 0 Å². The van der Waals surface area contributed by atoms with Crippen LogP contribution in [0.15, 0.2) is 63.9 Å². The minimum Gasteiger partial charge on any atom is -0.301 e. The van der Waals surface area contributed by atoms with Gasteiger partial charge in [-0.1, -0.05) is 60.3 Å². The summed E-state index contributed by atoms with van der Waals surface area (Å²) in [6, 6.07) is 15.8. The predicted octanol–water partition coefficient (Wildman–Crippen LogP) is 5.89. The number of thiophene rings is 1. The second kappa shape index (κ2) is 8.44. The average molecular weight is 447 g/mol. The van der Waals surface area contributed by atoms with Crippen molar-refractivity contribution in [3.05, 3.63) is 81.0 Å². The number of nitrogens with zero attached hydrogens (tertiary/aromatic N) is 1. The molecule has 2 aromatic carbocycles. The molecule has 1 aliphatic carbocycles. The van der Waals surface area contributed by atoms with Gasteiger partial charge in [0, 0.05) is 16.5 Å². The van der Waals surface area contributed by atoms with Crippen LogP contribution in [0, 0.1) is 0 Å². The van der Waals surface area contributed by atoms with Crippen LogP contribution < -0.4 is 5.56 Å². The Balaban J connectivity index is 1.45. The van der Waals surface area contributed by atoms with Gasteiger partial charge in [0.1, 0.15) is 4.83 Å². The molecule has 0 saturated carbocycles. The van der Waals surface area contributed by atoms with Crippen LogP contribution in [0.1, 0.15) is 41.3 Å². The predicted molar refractivity (Wildman–Crippen MR) is 128 cm³/mol. The smallest absolute Gasteiger partial charge is 0.260 e. The van der Waals surface area contributed by atoms with Crippen LogP contribution in [0.25, 0.3) is 21.3 Å². The molecule has 0 spiro atoms. The molecule has 1 aliphatic rings. The van der Waals surface area contributed by atoms with Crippen LogP contribution in [-0.4, -0.2) is 21.0 Å². The molecular formula is C25H22N2O2S2. The second-order valence-corrected chi connectivity index (χ2v) is 10.1. The summed E-state index contributed by atoms with van der Waals surface area (Å²) in [6.07, 6.45) is 4.73. The van der Waals surface area contributed by atoms with E-state index in [0.29, 0.717) is 20.9 Å². The number of hydrogen-bond acceptors (Lipinski definition) is 5. The summed E-state index contributed by atoms with van der Waals surface area (Å²) >= 11 is 2.77. The third-order valence-electron chi connectivity index (χ3n) is 5.80. The van der Waals surface area contributed by atoms with Crippen molar-refractivity contribution in [1.29, 1.82) is 0 Å². The highest BCUT2D eigenvalue weighted by atomic mass is 32.2. The van der Waals surface area contributed by atoms with Crippen LogP contribution in [0.4, 0.5) is 0 Å². The number of Topliss-reactive ketones (excluding diaryl/α,β-unsaturated/α-hetero) is 1. The number of fused-ring (bicyclic) bond motifs is 2. The summed E-state index contributed by atoms with van der Waals surface area (Å²) in [4.78, 5) is 33.9. The van der Waals surface area contributed by atoms with Gasteiger partial charge in [-0.3, -0.25) is 9.59 Å². The Morgan fingerprint density at radius 1 is 1.10 bits per heavy atom. The summed E-state index contributed by atoms with van der Waals surface area (Å²) in [6.45, 7) is 1.84. The maximum absolute atomic E-state index is 13.0. The number of rotatable bonds is 5. The van der Waals surface area contributed by atoms with Gasteiger partial charge >= 0.3 is 0 Å². The Labute approximate surface area is 188 Å². The van der Waals surface area contributed by atoms with E-state index < -0.39 is 0 Å². The van der Waals surface area contributed by atoms with Gasteiger partial charge in [0.15, 0.2) is 10.9 Å². The maximum Gasteiger partial charge on any atom is 0.260 e. The Morgan fingerprint density at radius 3 is 2.68 bits per heavy atom. The van der Waals surface area contributed by atoms with Gasteiger partial charge in [0.05, 0.1) is 10.6 Å². The monoisotopic (exact) mass is 446 g/mol. The van der Waals surface area contributed by atoms with E-state index in [9.17, 15) is 9.59 Å². The van der Waals surface area contributed by atoms with Crippen LogP contribution >= 0.6 is 23.1 Å². The fourth-order valence-corrected chi connectivity index (χ4v) is 6.04. The van der Waals surface area contributed by atoms with E-state index >= 15 is 0 Å². The van der Waals surface area contributed by atoms with Crippen molar-refractivity contribution < 1.29 is 4.79 Å². The fraction of sp³-hybridized carbons (Fsp3) is 0.240. The number of nitrogens with one attached hydrogen (secondary N) is 1. The van der Waals surface area contributed by atoms with E-state index in [1.54, 1.807) is 0 Å². The molecule has 0 radical (unpaired) electrons. The molecule has 0 fully saturated rings. The van der Waals surface area contributed by atoms with E-state index in [0.717, 1.165) is 24.0 Å². The van der Waals surface area contributed by atoms with E-state index in [-0.39, 0.29) is 16.6 Å². The molecule has 6 heteroatoms. The normalized spacial score (nSPS) is 14.4. The lowest BCUT2D eigenvalue weighted by Crippen LogP contribution is -2.16.